The second kappa shape index (κ2) is 4.22. The third-order valence-electron chi connectivity index (χ3n) is 3.09. The number of aryl methyl sites for hydroxylation is 1. The molecular weight excluding hydrogens is 279 g/mol. The van der Waals surface area contributed by atoms with Crippen molar-refractivity contribution in [2.75, 3.05) is 5.73 Å². The van der Waals surface area contributed by atoms with Gasteiger partial charge in [0.05, 0.1) is 10.6 Å². The van der Waals surface area contributed by atoms with Gasteiger partial charge in [-0.1, -0.05) is 5.16 Å². The van der Waals surface area contributed by atoms with Crippen molar-refractivity contribution in [1.82, 2.24) is 10.1 Å². The van der Waals surface area contributed by atoms with Crippen LogP contribution in [0.25, 0.3) is 11.5 Å². The Morgan fingerprint density at radius 3 is 2.63 bits per heavy atom. The molecule has 0 aromatic carbocycles. The fourth-order valence-corrected chi connectivity index (χ4v) is 3.41. The maximum atomic E-state index is 12.5. The molecule has 2 heterocycles. The van der Waals surface area contributed by atoms with Gasteiger partial charge in [0, 0.05) is 4.88 Å². The first-order valence-corrected chi connectivity index (χ1v) is 6.59. The molecule has 2 N–H and O–H groups in total. The average Bonchev–Trinajstić information content (AvgIpc) is 2.90. The van der Waals surface area contributed by atoms with E-state index in [0.717, 1.165) is 36.1 Å². The van der Waals surface area contributed by atoms with Gasteiger partial charge in [-0.05, 0) is 31.2 Å². The molecule has 0 fully saturated rings. The molecule has 0 atom stereocenters. The fourth-order valence-electron chi connectivity index (χ4n) is 2.26. The number of alkyl halides is 3. The van der Waals surface area contributed by atoms with Gasteiger partial charge in [0.2, 0.25) is 0 Å². The number of anilines is 1. The quantitative estimate of drug-likeness (QED) is 0.875. The van der Waals surface area contributed by atoms with Crippen LogP contribution in [0.3, 0.4) is 0 Å². The molecule has 8 heteroatoms. The number of hydrogen-bond donors (Lipinski definition) is 1. The Balaban J connectivity index is 2.07. The molecule has 0 saturated heterocycles. The monoisotopic (exact) mass is 289 g/mol. The lowest BCUT2D eigenvalue weighted by Crippen LogP contribution is -2.07. The zero-order valence-corrected chi connectivity index (χ0v) is 10.6. The normalized spacial score (nSPS) is 15.5. The molecule has 2 aromatic rings. The molecule has 0 amide bonds. The van der Waals surface area contributed by atoms with E-state index < -0.39 is 12.0 Å². The Labute approximate surface area is 110 Å². The lowest BCUT2D eigenvalue weighted by molar-refractivity contribution is -0.146. The number of aromatic nitrogens is 2. The predicted octanol–water partition coefficient (Wildman–Crippen LogP) is 3.28. The molecule has 2 aromatic heterocycles. The van der Waals surface area contributed by atoms with E-state index in [1.165, 1.54) is 11.3 Å². The van der Waals surface area contributed by atoms with E-state index >= 15 is 0 Å². The first-order valence-electron chi connectivity index (χ1n) is 5.78. The van der Waals surface area contributed by atoms with Gasteiger partial charge in [0.15, 0.2) is 0 Å². The van der Waals surface area contributed by atoms with Crippen LogP contribution in [0, 0.1) is 0 Å². The highest BCUT2D eigenvalue weighted by molar-refractivity contribution is 7.16. The molecular formula is C11H10F3N3OS. The van der Waals surface area contributed by atoms with Crippen molar-refractivity contribution in [2.45, 2.75) is 31.9 Å². The molecule has 0 radical (unpaired) electrons. The average molecular weight is 289 g/mol. The van der Waals surface area contributed by atoms with E-state index in [4.69, 9.17) is 10.3 Å². The minimum atomic E-state index is -4.60. The Hall–Kier alpha value is -1.57. The third-order valence-corrected chi connectivity index (χ3v) is 4.21. The number of hydrogen-bond acceptors (Lipinski definition) is 5. The first-order chi connectivity index (χ1) is 8.97. The molecule has 1 aliphatic rings. The third kappa shape index (κ3) is 2.09. The van der Waals surface area contributed by atoms with Crippen molar-refractivity contribution < 1.29 is 17.7 Å². The minimum absolute atomic E-state index is 0.135. The molecule has 0 aliphatic heterocycles. The summed E-state index contributed by atoms with van der Waals surface area (Å²) in [7, 11) is 0. The molecule has 19 heavy (non-hydrogen) atoms. The maximum absolute atomic E-state index is 12.5. The smallest absolute Gasteiger partial charge is 0.390 e. The van der Waals surface area contributed by atoms with Crippen LogP contribution >= 0.6 is 11.3 Å². The van der Waals surface area contributed by atoms with Crippen LogP contribution in [0.5, 0.6) is 0 Å². The summed E-state index contributed by atoms with van der Waals surface area (Å²) >= 11 is 1.40. The lowest BCUT2D eigenvalue weighted by atomic mass is 9.95. The highest BCUT2D eigenvalue weighted by Crippen LogP contribution is 2.42. The van der Waals surface area contributed by atoms with Crippen molar-refractivity contribution in [3.8, 4) is 11.5 Å². The second-order valence-corrected chi connectivity index (χ2v) is 5.51. The van der Waals surface area contributed by atoms with Crippen molar-refractivity contribution in [2.24, 2.45) is 0 Å². The van der Waals surface area contributed by atoms with Crippen LogP contribution in [0.2, 0.25) is 0 Å². The van der Waals surface area contributed by atoms with Crippen LogP contribution in [0.1, 0.15) is 29.1 Å². The Bertz CT molecular complexity index is 617. The molecule has 3 rings (SSSR count). The number of rotatable bonds is 1. The molecule has 0 bridgehead atoms. The number of nitrogen functional groups attached to an aromatic ring is 1. The van der Waals surface area contributed by atoms with E-state index in [1.54, 1.807) is 0 Å². The van der Waals surface area contributed by atoms with E-state index in [-0.39, 0.29) is 5.89 Å². The highest BCUT2D eigenvalue weighted by Gasteiger charge is 2.38. The Kier molecular flexibility index (Phi) is 2.77. The van der Waals surface area contributed by atoms with E-state index in [0.29, 0.717) is 10.6 Å². The maximum Gasteiger partial charge on any atom is 0.455 e. The molecule has 1 aliphatic carbocycles. The summed E-state index contributed by atoms with van der Waals surface area (Å²) in [6.45, 7) is 0. The van der Waals surface area contributed by atoms with Gasteiger partial charge in [-0.3, -0.25) is 0 Å². The van der Waals surface area contributed by atoms with Crippen molar-refractivity contribution in [3.05, 3.63) is 16.3 Å². The summed E-state index contributed by atoms with van der Waals surface area (Å²) in [5, 5.41) is 3.42. The number of halogens is 3. The molecule has 0 spiro atoms. The van der Waals surface area contributed by atoms with Crippen LogP contribution in [0.15, 0.2) is 4.52 Å². The van der Waals surface area contributed by atoms with Crippen molar-refractivity contribution in [1.29, 1.82) is 0 Å². The van der Waals surface area contributed by atoms with Gasteiger partial charge in [0.1, 0.15) is 0 Å². The van der Waals surface area contributed by atoms with Gasteiger partial charge in [0.25, 0.3) is 11.7 Å². The zero-order chi connectivity index (χ0) is 13.6. The molecule has 4 nitrogen and oxygen atoms in total. The lowest BCUT2D eigenvalue weighted by Gasteiger charge is -2.10. The standard InChI is InChI=1S/C11H10F3N3OS/c12-11(13,14)10-16-9(18-17-10)7-5-3-1-2-4-6(5)19-8(7)15/h1-4,15H2. The largest absolute Gasteiger partial charge is 0.455 e. The fraction of sp³-hybridized carbons (Fsp3) is 0.455. The van der Waals surface area contributed by atoms with Crippen LogP contribution in [0.4, 0.5) is 18.2 Å². The van der Waals surface area contributed by atoms with Crippen LogP contribution in [-0.2, 0) is 19.0 Å². The molecule has 102 valence electrons. The topological polar surface area (TPSA) is 64.9 Å². The highest BCUT2D eigenvalue weighted by atomic mass is 32.1. The van der Waals surface area contributed by atoms with Gasteiger partial charge in [-0.15, -0.1) is 11.3 Å². The number of thiophene rings is 1. The zero-order valence-electron chi connectivity index (χ0n) is 9.75. The van der Waals surface area contributed by atoms with Crippen molar-refractivity contribution >= 4 is 16.3 Å². The summed E-state index contributed by atoms with van der Waals surface area (Å²) in [5.74, 6) is -1.40. The summed E-state index contributed by atoms with van der Waals surface area (Å²) in [5.41, 5.74) is 7.33. The molecule has 0 saturated carbocycles. The van der Waals surface area contributed by atoms with Crippen molar-refractivity contribution in [3.63, 3.8) is 0 Å². The SMILES string of the molecule is Nc1sc2c(c1-c1nc(C(F)(F)F)no1)CCCC2. The first kappa shape index (κ1) is 12.5. The summed E-state index contributed by atoms with van der Waals surface area (Å²) in [6, 6.07) is 0. The van der Waals surface area contributed by atoms with Gasteiger partial charge in [-0.25, -0.2) is 0 Å². The second-order valence-electron chi connectivity index (χ2n) is 4.37. The Morgan fingerprint density at radius 2 is 1.95 bits per heavy atom. The minimum Gasteiger partial charge on any atom is -0.390 e. The van der Waals surface area contributed by atoms with E-state index in [1.807, 2.05) is 0 Å². The van der Waals surface area contributed by atoms with Gasteiger partial charge in [-0.2, -0.15) is 18.2 Å². The van der Waals surface area contributed by atoms with E-state index in [2.05, 4.69) is 10.1 Å². The van der Waals surface area contributed by atoms with Gasteiger partial charge < -0.3 is 10.3 Å². The predicted molar refractivity (Wildman–Crippen MR) is 63.7 cm³/mol. The number of nitrogens with zero attached hydrogens (tertiary/aromatic N) is 2. The number of fused-ring (bicyclic) bond motifs is 1. The molecule has 0 unspecified atom stereocenters. The summed E-state index contributed by atoms with van der Waals surface area (Å²) in [4.78, 5) is 4.53. The summed E-state index contributed by atoms with van der Waals surface area (Å²) in [6.07, 6.45) is -0.834. The van der Waals surface area contributed by atoms with Crippen LogP contribution in [-0.4, -0.2) is 10.1 Å². The summed E-state index contributed by atoms with van der Waals surface area (Å²) < 4.78 is 42.1. The Morgan fingerprint density at radius 1 is 1.21 bits per heavy atom. The van der Waals surface area contributed by atoms with Crippen LogP contribution < -0.4 is 5.73 Å². The van der Waals surface area contributed by atoms with E-state index in [9.17, 15) is 13.2 Å². The number of nitrogens with two attached hydrogens (primary N) is 1. The van der Waals surface area contributed by atoms with Gasteiger partial charge >= 0.3 is 6.18 Å².